The predicted molar refractivity (Wildman–Crippen MR) is 134 cm³/mol. The second-order valence-electron chi connectivity index (χ2n) is 8.56. The molecule has 2 heterocycles. The number of aliphatic hydroxyl groups excluding tert-OH is 1. The summed E-state index contributed by atoms with van der Waals surface area (Å²) in [5.41, 5.74) is 3.22. The van der Waals surface area contributed by atoms with E-state index in [1.54, 1.807) is 7.05 Å². The van der Waals surface area contributed by atoms with E-state index in [-0.39, 0.29) is 12.0 Å². The molecule has 1 atom stereocenters. The molecule has 0 aliphatic rings. The smallest absolute Gasteiger partial charge is 0.248 e. The number of nitrogens with one attached hydrogen (secondary N) is 1. The zero-order valence-electron chi connectivity index (χ0n) is 20.7. The largest absolute Gasteiger partial charge is 0.488 e. The van der Waals surface area contributed by atoms with Crippen LogP contribution in [0.5, 0.6) is 11.5 Å². The molecule has 0 saturated heterocycles. The minimum absolute atomic E-state index is 0.319. The van der Waals surface area contributed by atoms with E-state index >= 15 is 0 Å². The summed E-state index contributed by atoms with van der Waals surface area (Å²) in [6, 6.07) is 13.2. The van der Waals surface area contributed by atoms with Crippen LogP contribution in [0.3, 0.4) is 0 Å². The first-order valence-electron chi connectivity index (χ1n) is 11.5. The van der Waals surface area contributed by atoms with Crippen molar-refractivity contribution >= 4 is 28.3 Å². The summed E-state index contributed by atoms with van der Waals surface area (Å²) in [7, 11) is 1.63. The maximum atomic E-state index is 11.7. The average Bonchev–Trinajstić information content (AvgIpc) is 3.28. The second kappa shape index (κ2) is 11.0. The van der Waals surface area contributed by atoms with E-state index in [4.69, 9.17) is 19.1 Å². The number of hydrogen-bond acceptors (Lipinski definition) is 9. The Kier molecular flexibility index (Phi) is 7.65. The number of aliphatic hydroxyl groups is 1. The average molecular weight is 492 g/mol. The van der Waals surface area contributed by atoms with Crippen LogP contribution >= 0.6 is 0 Å². The predicted octanol–water partition coefficient (Wildman–Crippen LogP) is 3.78. The van der Waals surface area contributed by atoms with E-state index in [1.165, 1.54) is 11.2 Å². The molecule has 4 aromatic rings. The van der Waals surface area contributed by atoms with Crippen LogP contribution in [-0.4, -0.2) is 57.3 Å². The van der Waals surface area contributed by atoms with Gasteiger partial charge in [0.05, 0.1) is 17.4 Å². The van der Waals surface area contributed by atoms with Crippen LogP contribution < -0.4 is 14.8 Å². The molecule has 0 aliphatic carbocycles. The highest BCUT2D eigenvalue weighted by Gasteiger charge is 2.16. The van der Waals surface area contributed by atoms with E-state index in [2.05, 4.69) is 20.4 Å². The molecule has 0 radical (unpaired) electrons. The van der Waals surface area contributed by atoms with Crippen LogP contribution in [0.1, 0.15) is 23.9 Å². The van der Waals surface area contributed by atoms with Gasteiger partial charge in [0.2, 0.25) is 5.91 Å². The summed E-state index contributed by atoms with van der Waals surface area (Å²) >= 11 is 0. The second-order valence-corrected chi connectivity index (χ2v) is 8.56. The molecule has 36 heavy (non-hydrogen) atoms. The van der Waals surface area contributed by atoms with Gasteiger partial charge in [0.25, 0.3) is 0 Å². The number of carbonyl (C=O) groups is 1. The van der Waals surface area contributed by atoms with Crippen molar-refractivity contribution in [3.63, 3.8) is 0 Å². The molecular formula is C26H29N5O5. The number of benzene rings is 2. The molecule has 10 heteroatoms. The third-order valence-corrected chi connectivity index (χ3v) is 5.53. The van der Waals surface area contributed by atoms with Crippen LogP contribution in [0.15, 0.2) is 53.3 Å². The van der Waals surface area contributed by atoms with Crippen molar-refractivity contribution in [1.29, 1.82) is 0 Å². The molecule has 0 bridgehead atoms. The molecule has 188 valence electrons. The van der Waals surface area contributed by atoms with Crippen molar-refractivity contribution in [3.05, 3.63) is 65.8 Å². The summed E-state index contributed by atoms with van der Waals surface area (Å²) in [6.07, 6.45) is 1.17. The van der Waals surface area contributed by atoms with Gasteiger partial charge >= 0.3 is 0 Å². The molecule has 10 nitrogen and oxygen atoms in total. The number of aryl methyl sites for hydroxylation is 2. The van der Waals surface area contributed by atoms with Gasteiger partial charge < -0.3 is 29.3 Å². The van der Waals surface area contributed by atoms with E-state index < -0.39 is 6.61 Å². The van der Waals surface area contributed by atoms with Gasteiger partial charge in [-0.05, 0) is 56.7 Å². The van der Waals surface area contributed by atoms with E-state index in [0.717, 1.165) is 39.4 Å². The van der Waals surface area contributed by atoms with Crippen LogP contribution in [0.4, 0.5) is 11.5 Å². The van der Waals surface area contributed by atoms with Crippen LogP contribution in [0.25, 0.3) is 10.9 Å². The summed E-state index contributed by atoms with van der Waals surface area (Å²) in [5, 5.41) is 17.1. The fourth-order valence-corrected chi connectivity index (χ4v) is 3.80. The number of nitrogens with zero attached hydrogens (tertiary/aromatic N) is 4. The molecule has 2 aromatic heterocycles. The number of anilines is 2. The lowest BCUT2D eigenvalue weighted by Gasteiger charge is -2.23. The van der Waals surface area contributed by atoms with E-state index in [1.807, 2.05) is 63.2 Å². The van der Waals surface area contributed by atoms with Crippen LogP contribution in [0, 0.1) is 13.8 Å². The number of likely N-dealkylation sites (N-methyl/N-ethyl adjacent to an activating group) is 1. The lowest BCUT2D eigenvalue weighted by atomic mass is 10.1. The topological polar surface area (TPSA) is 123 Å². The maximum Gasteiger partial charge on any atom is 0.248 e. The van der Waals surface area contributed by atoms with Gasteiger partial charge in [0.15, 0.2) is 0 Å². The third-order valence-electron chi connectivity index (χ3n) is 5.53. The summed E-state index contributed by atoms with van der Waals surface area (Å²) in [6.45, 7) is 5.77. The lowest BCUT2D eigenvalue weighted by molar-refractivity contribution is -0.133. The molecular weight excluding hydrogens is 462 g/mol. The van der Waals surface area contributed by atoms with Crippen molar-refractivity contribution in [1.82, 2.24) is 20.0 Å². The van der Waals surface area contributed by atoms with Crippen LogP contribution in [-0.2, 0) is 11.4 Å². The quantitative estimate of drug-likeness (QED) is 0.341. The number of fused-ring (bicyclic) bond motifs is 1. The molecule has 0 aliphatic heterocycles. The van der Waals surface area contributed by atoms with Gasteiger partial charge in [0, 0.05) is 18.8 Å². The molecule has 0 fully saturated rings. The number of hydrogen-bond donors (Lipinski definition) is 2. The normalized spacial score (nSPS) is 11.8. The Morgan fingerprint density at radius 1 is 1.17 bits per heavy atom. The number of rotatable bonds is 10. The Balaban J connectivity index is 1.52. The monoisotopic (exact) mass is 491 g/mol. The van der Waals surface area contributed by atoms with Gasteiger partial charge in [-0.15, -0.1) is 0 Å². The zero-order chi connectivity index (χ0) is 25.7. The number of aromatic nitrogens is 3. The van der Waals surface area contributed by atoms with Gasteiger partial charge in [-0.2, -0.15) is 0 Å². The van der Waals surface area contributed by atoms with Crippen molar-refractivity contribution in [2.75, 3.05) is 25.5 Å². The molecule has 2 N–H and O–H groups in total. The SMILES string of the molecule is Cc1cc(COc2ccc(Nc3ncnc4cccc(OC(C)CN(C)C(=O)CO)c34)cc2C)no1. The maximum absolute atomic E-state index is 11.7. The van der Waals surface area contributed by atoms with E-state index in [9.17, 15) is 4.79 Å². The molecule has 0 spiro atoms. The summed E-state index contributed by atoms with van der Waals surface area (Å²) in [5.74, 6) is 2.30. The van der Waals surface area contributed by atoms with Crippen molar-refractivity contribution < 1.29 is 23.9 Å². The van der Waals surface area contributed by atoms with E-state index in [0.29, 0.717) is 24.7 Å². The molecule has 0 saturated carbocycles. The Bertz CT molecular complexity index is 1350. The van der Waals surface area contributed by atoms with Crippen molar-refractivity contribution in [2.24, 2.45) is 0 Å². The highest BCUT2D eigenvalue weighted by atomic mass is 16.5. The Labute approximate surface area is 208 Å². The fraction of sp³-hybridized carbons (Fsp3) is 0.308. The number of ether oxygens (including phenoxy) is 2. The van der Waals surface area contributed by atoms with Crippen LogP contribution in [0.2, 0.25) is 0 Å². The third kappa shape index (κ3) is 5.89. The standard InChI is InChI=1S/C26H29N5O5/c1-16-10-19(8-9-22(16)34-14-20-11-17(2)36-30-20)29-26-25-21(27-15-28-26)6-5-7-23(25)35-18(3)12-31(4)24(33)13-32/h5-11,15,18,32H,12-14H2,1-4H3,(H,27,28,29). The number of carbonyl (C=O) groups excluding carboxylic acids is 1. The van der Waals surface area contributed by atoms with Gasteiger partial charge in [-0.3, -0.25) is 4.79 Å². The highest BCUT2D eigenvalue weighted by Crippen LogP contribution is 2.33. The molecule has 2 aromatic carbocycles. The fourth-order valence-electron chi connectivity index (χ4n) is 3.80. The minimum Gasteiger partial charge on any atom is -0.488 e. The summed E-state index contributed by atoms with van der Waals surface area (Å²) in [4.78, 5) is 22.0. The Morgan fingerprint density at radius 2 is 2.00 bits per heavy atom. The minimum atomic E-state index is -0.539. The zero-order valence-corrected chi connectivity index (χ0v) is 20.7. The van der Waals surface area contributed by atoms with Gasteiger partial charge in [-0.1, -0.05) is 11.2 Å². The first-order valence-corrected chi connectivity index (χ1v) is 11.5. The van der Waals surface area contributed by atoms with Crippen molar-refractivity contribution in [3.8, 4) is 11.5 Å². The van der Waals surface area contributed by atoms with Crippen molar-refractivity contribution in [2.45, 2.75) is 33.5 Å². The molecule has 1 amide bonds. The first kappa shape index (κ1) is 24.9. The highest BCUT2D eigenvalue weighted by molar-refractivity contribution is 5.95. The van der Waals surface area contributed by atoms with Gasteiger partial charge in [0.1, 0.15) is 54.4 Å². The lowest BCUT2D eigenvalue weighted by Crippen LogP contribution is -2.37. The van der Waals surface area contributed by atoms with Gasteiger partial charge in [-0.25, -0.2) is 9.97 Å². The molecule has 4 rings (SSSR count). The molecule has 1 unspecified atom stereocenters. The Morgan fingerprint density at radius 3 is 2.72 bits per heavy atom. The first-order chi connectivity index (χ1) is 17.3. The Hall–Kier alpha value is -4.18. The number of amides is 1. The summed E-state index contributed by atoms with van der Waals surface area (Å²) < 4.78 is 17.1.